The number of nitrogens with zero attached hydrogens (tertiary/aromatic N) is 2. The molecule has 2 aromatic heterocycles. The van der Waals surface area contributed by atoms with E-state index >= 15 is 0 Å². The Kier molecular flexibility index (Phi) is 4.31. The van der Waals surface area contributed by atoms with Crippen LogP contribution in [0.15, 0.2) is 41.0 Å². The van der Waals surface area contributed by atoms with Gasteiger partial charge in [0, 0.05) is 29.1 Å². The maximum Gasteiger partial charge on any atom is 0.293 e. The molecule has 0 saturated heterocycles. The molecule has 0 fully saturated rings. The number of hydrogen-bond acceptors (Lipinski definition) is 5. The SMILES string of the molecule is CC(=O)N1c2ccc(-c3nc(NC(=O)c4ccco4)sc3C)cc2C[C@@H]1C. The number of benzene rings is 1. The molecule has 1 atom stereocenters. The minimum absolute atomic E-state index is 0.0572. The van der Waals surface area contributed by atoms with Gasteiger partial charge in [0.2, 0.25) is 5.91 Å². The first kappa shape index (κ1) is 17.5. The Morgan fingerprint density at radius 3 is 2.85 bits per heavy atom. The molecule has 0 unspecified atom stereocenters. The molecule has 7 heteroatoms. The van der Waals surface area contributed by atoms with Gasteiger partial charge in [0.1, 0.15) is 0 Å². The topological polar surface area (TPSA) is 75.4 Å². The maximum atomic E-state index is 12.1. The van der Waals surface area contributed by atoms with Gasteiger partial charge < -0.3 is 9.32 Å². The lowest BCUT2D eigenvalue weighted by molar-refractivity contribution is -0.116. The van der Waals surface area contributed by atoms with E-state index in [1.807, 2.05) is 24.0 Å². The fourth-order valence-electron chi connectivity index (χ4n) is 3.54. The average Bonchev–Trinajstić information content (AvgIpc) is 3.32. The summed E-state index contributed by atoms with van der Waals surface area (Å²) in [4.78, 5) is 31.5. The first-order chi connectivity index (χ1) is 12.9. The summed E-state index contributed by atoms with van der Waals surface area (Å²) in [6, 6.07) is 9.49. The van der Waals surface area contributed by atoms with Crippen molar-refractivity contribution in [2.75, 3.05) is 10.2 Å². The van der Waals surface area contributed by atoms with Crippen LogP contribution in [0.5, 0.6) is 0 Å². The van der Waals surface area contributed by atoms with E-state index in [4.69, 9.17) is 4.42 Å². The van der Waals surface area contributed by atoms with Gasteiger partial charge in [-0.25, -0.2) is 4.98 Å². The zero-order valence-electron chi connectivity index (χ0n) is 15.3. The van der Waals surface area contributed by atoms with E-state index in [9.17, 15) is 9.59 Å². The molecule has 138 valence electrons. The quantitative estimate of drug-likeness (QED) is 0.735. The van der Waals surface area contributed by atoms with Crippen molar-refractivity contribution in [3.8, 4) is 11.3 Å². The number of hydrogen-bond donors (Lipinski definition) is 1. The van der Waals surface area contributed by atoms with E-state index in [-0.39, 0.29) is 23.6 Å². The van der Waals surface area contributed by atoms with E-state index in [1.165, 1.54) is 17.6 Å². The lowest BCUT2D eigenvalue weighted by Crippen LogP contribution is -2.33. The Morgan fingerprint density at radius 1 is 1.33 bits per heavy atom. The molecule has 6 nitrogen and oxygen atoms in total. The molecule has 0 radical (unpaired) electrons. The van der Waals surface area contributed by atoms with Crippen molar-refractivity contribution in [2.24, 2.45) is 0 Å². The van der Waals surface area contributed by atoms with E-state index < -0.39 is 0 Å². The molecule has 4 rings (SSSR count). The second-order valence-corrected chi connectivity index (χ2v) is 7.84. The summed E-state index contributed by atoms with van der Waals surface area (Å²) in [7, 11) is 0. The smallest absolute Gasteiger partial charge is 0.293 e. The molecule has 0 saturated carbocycles. The molecule has 0 bridgehead atoms. The van der Waals surface area contributed by atoms with E-state index in [2.05, 4.69) is 23.3 Å². The van der Waals surface area contributed by atoms with Gasteiger partial charge >= 0.3 is 0 Å². The number of carbonyl (C=O) groups is 2. The van der Waals surface area contributed by atoms with Gasteiger partial charge in [-0.2, -0.15) is 0 Å². The van der Waals surface area contributed by atoms with Crippen LogP contribution in [0.25, 0.3) is 11.3 Å². The summed E-state index contributed by atoms with van der Waals surface area (Å²) in [5.41, 5.74) is 3.94. The highest BCUT2D eigenvalue weighted by atomic mass is 32.1. The Balaban J connectivity index is 1.62. The second kappa shape index (κ2) is 6.66. The Morgan fingerprint density at radius 2 is 2.15 bits per heavy atom. The molecule has 27 heavy (non-hydrogen) atoms. The zero-order chi connectivity index (χ0) is 19.1. The summed E-state index contributed by atoms with van der Waals surface area (Å²) in [6.45, 7) is 5.63. The number of aromatic nitrogens is 1. The monoisotopic (exact) mass is 381 g/mol. The third kappa shape index (κ3) is 3.14. The molecule has 0 aliphatic carbocycles. The van der Waals surface area contributed by atoms with E-state index in [1.54, 1.807) is 19.1 Å². The van der Waals surface area contributed by atoms with E-state index in [0.29, 0.717) is 5.13 Å². The molecule has 1 aliphatic rings. The summed E-state index contributed by atoms with van der Waals surface area (Å²) < 4.78 is 5.11. The average molecular weight is 381 g/mol. The van der Waals surface area contributed by atoms with Gasteiger partial charge in [-0.3, -0.25) is 14.9 Å². The minimum Gasteiger partial charge on any atom is -0.459 e. The van der Waals surface area contributed by atoms with Gasteiger partial charge in [0.05, 0.1) is 12.0 Å². The number of thiazole rings is 1. The molecule has 1 aliphatic heterocycles. The molecule has 0 spiro atoms. The number of nitrogens with one attached hydrogen (secondary N) is 1. The van der Waals surface area contributed by atoms with Crippen LogP contribution in [0.1, 0.15) is 34.8 Å². The fraction of sp³-hybridized carbons (Fsp3) is 0.250. The molecule has 3 heterocycles. The molecular weight excluding hydrogens is 362 g/mol. The highest BCUT2D eigenvalue weighted by molar-refractivity contribution is 7.16. The van der Waals surface area contributed by atoms with Crippen LogP contribution in [-0.4, -0.2) is 22.8 Å². The van der Waals surface area contributed by atoms with Crippen molar-refractivity contribution in [1.82, 2.24) is 4.98 Å². The van der Waals surface area contributed by atoms with Gasteiger partial charge in [-0.1, -0.05) is 6.07 Å². The number of furan rings is 1. The molecule has 3 aromatic rings. The minimum atomic E-state index is -0.319. The van der Waals surface area contributed by atoms with E-state index in [0.717, 1.165) is 33.8 Å². The normalized spacial score (nSPS) is 15.7. The zero-order valence-corrected chi connectivity index (χ0v) is 16.1. The highest BCUT2D eigenvalue weighted by Gasteiger charge is 2.29. The number of amides is 2. The molecule has 1 N–H and O–H groups in total. The molecular formula is C20H19N3O3S. The van der Waals surface area contributed by atoms with Crippen LogP contribution in [0.2, 0.25) is 0 Å². The van der Waals surface area contributed by atoms with Crippen molar-refractivity contribution in [3.05, 3.63) is 52.8 Å². The summed E-state index contributed by atoms with van der Waals surface area (Å²) in [5.74, 6) is -0.0119. The standard InChI is InChI=1S/C20H19N3O3S/c1-11-9-15-10-14(6-7-16(15)23(11)13(3)24)18-12(2)27-20(21-18)22-19(25)17-5-4-8-26-17/h4-8,10-11H,9H2,1-3H3,(H,21,22,25)/t11-/m0/s1. The first-order valence-corrected chi connectivity index (χ1v) is 9.51. The Hall–Kier alpha value is -2.93. The summed E-state index contributed by atoms with van der Waals surface area (Å²) in [6.07, 6.45) is 2.29. The predicted molar refractivity (Wildman–Crippen MR) is 105 cm³/mol. The predicted octanol–water partition coefficient (Wildman–Crippen LogP) is 4.26. The van der Waals surface area contributed by atoms with Gasteiger partial charge in [0.15, 0.2) is 10.9 Å². The lowest BCUT2D eigenvalue weighted by atomic mass is 10.0. The fourth-order valence-corrected chi connectivity index (χ4v) is 4.37. The third-order valence-electron chi connectivity index (χ3n) is 4.67. The Labute approximate surface area is 160 Å². The van der Waals surface area contributed by atoms with Crippen LogP contribution in [0.4, 0.5) is 10.8 Å². The number of rotatable bonds is 3. The van der Waals surface area contributed by atoms with Gasteiger partial charge in [-0.15, -0.1) is 11.3 Å². The van der Waals surface area contributed by atoms with Crippen molar-refractivity contribution in [2.45, 2.75) is 33.2 Å². The van der Waals surface area contributed by atoms with Crippen molar-refractivity contribution in [1.29, 1.82) is 0 Å². The van der Waals surface area contributed by atoms with Crippen LogP contribution in [-0.2, 0) is 11.2 Å². The number of fused-ring (bicyclic) bond motifs is 1. The molecule has 1 aromatic carbocycles. The summed E-state index contributed by atoms with van der Waals surface area (Å²) in [5, 5.41) is 3.31. The largest absolute Gasteiger partial charge is 0.459 e. The van der Waals surface area contributed by atoms with Crippen LogP contribution < -0.4 is 10.2 Å². The number of carbonyl (C=O) groups excluding carboxylic acids is 2. The van der Waals surface area contributed by atoms with Crippen LogP contribution in [0.3, 0.4) is 0 Å². The lowest BCUT2D eigenvalue weighted by Gasteiger charge is -2.20. The van der Waals surface area contributed by atoms with Crippen molar-refractivity contribution in [3.63, 3.8) is 0 Å². The van der Waals surface area contributed by atoms with Crippen molar-refractivity contribution >= 4 is 34.0 Å². The highest BCUT2D eigenvalue weighted by Crippen LogP contribution is 2.37. The Bertz CT molecular complexity index is 1020. The second-order valence-electron chi connectivity index (χ2n) is 6.64. The molecule has 2 amide bonds. The third-order valence-corrected chi connectivity index (χ3v) is 5.56. The summed E-state index contributed by atoms with van der Waals surface area (Å²) >= 11 is 1.42. The number of anilines is 2. The maximum absolute atomic E-state index is 12.1. The number of aryl methyl sites for hydroxylation is 1. The van der Waals surface area contributed by atoms with Crippen molar-refractivity contribution < 1.29 is 14.0 Å². The van der Waals surface area contributed by atoms with Crippen LogP contribution in [0, 0.1) is 6.92 Å². The van der Waals surface area contributed by atoms with Gasteiger partial charge in [-0.05, 0) is 50.1 Å². The van der Waals surface area contributed by atoms with Gasteiger partial charge in [0.25, 0.3) is 5.91 Å². The first-order valence-electron chi connectivity index (χ1n) is 8.69. The van der Waals surface area contributed by atoms with Crippen LogP contribution >= 0.6 is 11.3 Å².